The second kappa shape index (κ2) is 6.97. The molecule has 0 saturated carbocycles. The van der Waals surface area contributed by atoms with E-state index in [1.54, 1.807) is 18.5 Å². The van der Waals surface area contributed by atoms with Crippen LogP contribution in [-0.2, 0) is 16.6 Å². The summed E-state index contributed by atoms with van der Waals surface area (Å²) in [6.07, 6.45) is 4.25. The van der Waals surface area contributed by atoms with Gasteiger partial charge in [-0.3, -0.25) is 4.72 Å². The Hall–Kier alpha value is -1.51. The molecule has 8 heteroatoms. The number of aromatic nitrogens is 2. The summed E-state index contributed by atoms with van der Waals surface area (Å²) in [5.41, 5.74) is 0.951. The highest BCUT2D eigenvalue weighted by Crippen LogP contribution is 2.20. The highest BCUT2D eigenvalue weighted by atomic mass is 32.2. The quantitative estimate of drug-likeness (QED) is 0.762. The highest BCUT2D eigenvalue weighted by Gasteiger charge is 2.17. The molecule has 2 N–H and O–H groups in total. The van der Waals surface area contributed by atoms with Gasteiger partial charge in [0.05, 0.1) is 0 Å². The molecule has 0 radical (unpaired) electrons. The lowest BCUT2D eigenvalue weighted by molar-refractivity contribution is 0.597. The van der Waals surface area contributed by atoms with Crippen molar-refractivity contribution in [1.29, 1.82) is 0 Å². The van der Waals surface area contributed by atoms with E-state index < -0.39 is 10.0 Å². The second-order valence-corrected chi connectivity index (χ2v) is 7.43. The molecule has 0 aromatic carbocycles. The molecule has 0 aliphatic carbocycles. The van der Waals surface area contributed by atoms with Crippen molar-refractivity contribution >= 4 is 26.5 Å². The van der Waals surface area contributed by atoms with Crippen LogP contribution in [0.2, 0.25) is 0 Å². The van der Waals surface area contributed by atoms with Crippen molar-refractivity contribution < 1.29 is 8.42 Å². The molecular formula is C13H18N4O2S2. The predicted molar refractivity (Wildman–Crippen MR) is 83.9 cm³/mol. The van der Waals surface area contributed by atoms with E-state index in [-0.39, 0.29) is 5.03 Å². The molecule has 0 unspecified atom stereocenters. The van der Waals surface area contributed by atoms with Gasteiger partial charge in [-0.1, -0.05) is 13.0 Å². The normalized spacial score (nSPS) is 11.5. The third kappa shape index (κ3) is 4.48. The van der Waals surface area contributed by atoms with Gasteiger partial charge in [-0.2, -0.15) is 8.42 Å². The molecule has 0 fully saturated rings. The van der Waals surface area contributed by atoms with Gasteiger partial charge in [0.2, 0.25) is 0 Å². The Bertz CT molecular complexity index is 680. The first kappa shape index (κ1) is 15.9. The van der Waals surface area contributed by atoms with Crippen LogP contribution in [0.1, 0.15) is 23.8 Å². The zero-order valence-corrected chi connectivity index (χ0v) is 13.6. The van der Waals surface area contributed by atoms with Gasteiger partial charge in [0.15, 0.2) is 10.2 Å². The monoisotopic (exact) mass is 326 g/mol. The predicted octanol–water partition coefficient (Wildman–Crippen LogP) is 2.15. The number of hydrogen-bond acceptors (Lipinski definition) is 6. The van der Waals surface area contributed by atoms with Crippen molar-refractivity contribution in [2.75, 3.05) is 11.3 Å². The minimum absolute atomic E-state index is 0.00501. The molecule has 2 heterocycles. The lowest BCUT2D eigenvalue weighted by atomic mass is 10.3. The largest absolute Gasteiger partial charge is 0.313 e. The smallest absolute Gasteiger partial charge is 0.281 e. The van der Waals surface area contributed by atoms with Gasteiger partial charge in [-0.25, -0.2) is 9.97 Å². The zero-order valence-electron chi connectivity index (χ0n) is 12.0. The first-order valence-corrected chi connectivity index (χ1v) is 8.92. The summed E-state index contributed by atoms with van der Waals surface area (Å²) in [7, 11) is -3.68. The minimum Gasteiger partial charge on any atom is -0.313 e. The van der Waals surface area contributed by atoms with E-state index in [2.05, 4.69) is 26.9 Å². The summed E-state index contributed by atoms with van der Waals surface area (Å²) in [6.45, 7) is 5.56. The van der Waals surface area contributed by atoms with Crippen LogP contribution < -0.4 is 10.0 Å². The van der Waals surface area contributed by atoms with E-state index in [1.165, 1.54) is 17.4 Å². The summed E-state index contributed by atoms with van der Waals surface area (Å²) in [5, 5.41) is 3.58. The van der Waals surface area contributed by atoms with Crippen LogP contribution in [0.25, 0.3) is 0 Å². The SMILES string of the molecule is CCCNCc1ccc(S(=O)(=O)Nc2ncc(C)s2)nc1. The van der Waals surface area contributed by atoms with Gasteiger partial charge >= 0.3 is 0 Å². The average molecular weight is 326 g/mol. The Balaban J connectivity index is 2.06. The fraction of sp³-hybridized carbons (Fsp3) is 0.385. The van der Waals surface area contributed by atoms with Crippen molar-refractivity contribution in [3.05, 3.63) is 35.0 Å². The van der Waals surface area contributed by atoms with E-state index in [0.717, 1.165) is 23.4 Å². The number of rotatable bonds is 7. The van der Waals surface area contributed by atoms with Crippen molar-refractivity contribution in [1.82, 2.24) is 15.3 Å². The Morgan fingerprint density at radius 3 is 2.62 bits per heavy atom. The van der Waals surface area contributed by atoms with Gasteiger partial charge in [-0.15, -0.1) is 11.3 Å². The highest BCUT2D eigenvalue weighted by molar-refractivity contribution is 7.92. The fourth-order valence-electron chi connectivity index (χ4n) is 1.65. The molecule has 2 aromatic rings. The topological polar surface area (TPSA) is 84.0 Å². The summed E-state index contributed by atoms with van der Waals surface area (Å²) in [5.74, 6) is 0. The minimum atomic E-state index is -3.68. The van der Waals surface area contributed by atoms with E-state index in [4.69, 9.17) is 0 Å². The Morgan fingerprint density at radius 2 is 2.05 bits per heavy atom. The summed E-state index contributed by atoms with van der Waals surface area (Å²) < 4.78 is 26.7. The average Bonchev–Trinajstić information content (AvgIpc) is 2.84. The van der Waals surface area contributed by atoms with Crippen molar-refractivity contribution in [2.24, 2.45) is 0 Å². The third-order valence-corrected chi connectivity index (χ3v) is 4.88. The third-order valence-electron chi connectivity index (χ3n) is 2.67. The van der Waals surface area contributed by atoms with E-state index in [0.29, 0.717) is 11.7 Å². The maximum Gasteiger partial charge on any atom is 0.281 e. The molecule has 0 saturated heterocycles. The standard InChI is InChI=1S/C13H18N4O2S2/c1-3-6-14-8-11-4-5-12(15-9-11)21(18,19)17-13-16-7-10(2)20-13/h4-5,7,9,14H,3,6,8H2,1-2H3,(H,16,17). The number of nitrogens with one attached hydrogen (secondary N) is 2. The second-order valence-electron chi connectivity index (χ2n) is 4.56. The molecule has 2 aromatic heterocycles. The molecule has 0 aliphatic heterocycles. The van der Waals surface area contributed by atoms with Gasteiger partial charge in [0.1, 0.15) is 0 Å². The fourth-order valence-corrected chi connectivity index (χ4v) is 3.49. The van der Waals surface area contributed by atoms with Crippen molar-refractivity contribution in [2.45, 2.75) is 31.8 Å². The maximum atomic E-state index is 12.2. The van der Waals surface area contributed by atoms with Gasteiger partial charge < -0.3 is 5.32 Å². The molecule has 0 amide bonds. The van der Waals surface area contributed by atoms with Crippen LogP contribution >= 0.6 is 11.3 Å². The van der Waals surface area contributed by atoms with Crippen LogP contribution in [0.15, 0.2) is 29.6 Å². The van der Waals surface area contributed by atoms with E-state index in [1.807, 2.05) is 6.92 Å². The molecule has 114 valence electrons. The summed E-state index contributed by atoms with van der Waals surface area (Å²) >= 11 is 1.29. The molecular weight excluding hydrogens is 308 g/mol. The molecule has 0 atom stereocenters. The van der Waals surface area contributed by atoms with Gasteiger partial charge in [0, 0.05) is 23.8 Å². The molecule has 2 rings (SSSR count). The Kier molecular flexibility index (Phi) is 5.27. The lowest BCUT2D eigenvalue weighted by Gasteiger charge is -2.06. The Morgan fingerprint density at radius 1 is 1.24 bits per heavy atom. The summed E-state index contributed by atoms with van der Waals surface area (Å²) in [4.78, 5) is 8.95. The number of aryl methyl sites for hydroxylation is 1. The van der Waals surface area contributed by atoms with Gasteiger partial charge in [0.25, 0.3) is 10.0 Å². The number of sulfonamides is 1. The summed E-state index contributed by atoms with van der Waals surface area (Å²) in [6, 6.07) is 3.27. The van der Waals surface area contributed by atoms with Crippen LogP contribution in [0.3, 0.4) is 0 Å². The van der Waals surface area contributed by atoms with Crippen molar-refractivity contribution in [3.8, 4) is 0 Å². The number of thiazole rings is 1. The van der Waals surface area contributed by atoms with E-state index in [9.17, 15) is 8.42 Å². The van der Waals surface area contributed by atoms with Gasteiger partial charge in [-0.05, 0) is 31.5 Å². The van der Waals surface area contributed by atoms with E-state index >= 15 is 0 Å². The number of hydrogen-bond donors (Lipinski definition) is 2. The maximum absolute atomic E-state index is 12.2. The lowest BCUT2D eigenvalue weighted by Crippen LogP contribution is -2.16. The molecule has 0 spiro atoms. The number of nitrogens with zero attached hydrogens (tertiary/aromatic N) is 2. The van der Waals surface area contributed by atoms with Crippen LogP contribution in [0.5, 0.6) is 0 Å². The molecule has 6 nitrogen and oxygen atoms in total. The zero-order chi connectivity index (χ0) is 15.3. The molecule has 21 heavy (non-hydrogen) atoms. The van der Waals surface area contributed by atoms with Crippen LogP contribution in [0.4, 0.5) is 5.13 Å². The molecule has 0 bridgehead atoms. The molecule has 0 aliphatic rings. The Labute approximate surface area is 128 Å². The first-order chi connectivity index (χ1) is 10.0. The number of pyridine rings is 1. The van der Waals surface area contributed by atoms with Crippen LogP contribution in [-0.4, -0.2) is 24.9 Å². The van der Waals surface area contributed by atoms with Crippen molar-refractivity contribution in [3.63, 3.8) is 0 Å². The number of anilines is 1. The van der Waals surface area contributed by atoms with Crippen LogP contribution in [0, 0.1) is 6.92 Å². The first-order valence-electron chi connectivity index (χ1n) is 6.62.